The fraction of sp³-hybridized carbons (Fsp3) is 0.257. The van der Waals surface area contributed by atoms with Crippen LogP contribution < -0.4 is 4.74 Å². The van der Waals surface area contributed by atoms with Gasteiger partial charge in [0.2, 0.25) is 0 Å². The summed E-state index contributed by atoms with van der Waals surface area (Å²) in [6.07, 6.45) is 1.69. The highest BCUT2D eigenvalue weighted by molar-refractivity contribution is 6.11. The molecule has 2 unspecified atom stereocenters. The zero-order valence-electron chi connectivity index (χ0n) is 24.9. The third kappa shape index (κ3) is 5.92. The van der Waals surface area contributed by atoms with Crippen molar-refractivity contribution >= 4 is 17.4 Å². The van der Waals surface area contributed by atoms with Crippen LogP contribution in [0, 0.1) is 22.7 Å². The number of esters is 1. The lowest BCUT2D eigenvalue weighted by molar-refractivity contribution is -0.151. The number of ketones is 1. The van der Waals surface area contributed by atoms with Gasteiger partial charge in [-0.25, -0.2) is 4.79 Å². The highest BCUT2D eigenvalue weighted by atomic mass is 16.5. The van der Waals surface area contributed by atoms with Gasteiger partial charge in [0, 0.05) is 12.6 Å². The zero-order valence-corrected chi connectivity index (χ0v) is 24.9. The van der Waals surface area contributed by atoms with E-state index in [-0.39, 0.29) is 13.0 Å². The average molecular weight is 588 g/mol. The van der Waals surface area contributed by atoms with Crippen molar-refractivity contribution in [1.29, 1.82) is 10.5 Å². The molecular weight excluding hydrogens is 554 g/mol. The van der Waals surface area contributed by atoms with E-state index in [1.165, 1.54) is 6.08 Å². The molecule has 2 aliphatic rings. The molecule has 0 radical (unpaired) electrons. The van der Waals surface area contributed by atoms with Crippen molar-refractivity contribution in [2.75, 3.05) is 27.4 Å². The largest absolute Gasteiger partial charge is 0.497 e. The molecule has 0 saturated carbocycles. The maximum absolute atomic E-state index is 13.6. The Kier molecular flexibility index (Phi) is 9.09. The van der Waals surface area contributed by atoms with Gasteiger partial charge in [0.25, 0.3) is 0 Å². The van der Waals surface area contributed by atoms with Gasteiger partial charge >= 0.3 is 5.97 Å². The molecule has 9 nitrogen and oxygen atoms in total. The van der Waals surface area contributed by atoms with E-state index in [0.29, 0.717) is 47.2 Å². The molecule has 5 rings (SSSR count). The second-order valence-corrected chi connectivity index (χ2v) is 10.6. The Morgan fingerprint density at radius 1 is 0.977 bits per heavy atom. The second-order valence-electron chi connectivity index (χ2n) is 10.6. The predicted molar refractivity (Wildman–Crippen MR) is 164 cm³/mol. The summed E-state index contributed by atoms with van der Waals surface area (Å²) in [5.41, 5.74) is 4.02. The molecule has 2 aliphatic heterocycles. The van der Waals surface area contributed by atoms with Gasteiger partial charge in [0.15, 0.2) is 11.8 Å². The SMILES string of the molecule is CCOC(=O)C1C(=O)C=C2N(CN(C)Cc3ccccc3)C(c3ccc(OC)cc3)=C(C#N)C(Cc3ccccc3C#N)N21. The molecule has 2 heterocycles. The molecular formula is C35H33N5O4. The molecule has 0 aliphatic carbocycles. The van der Waals surface area contributed by atoms with E-state index in [0.717, 1.165) is 11.1 Å². The van der Waals surface area contributed by atoms with Gasteiger partial charge < -0.3 is 19.3 Å². The van der Waals surface area contributed by atoms with Crippen LogP contribution >= 0.6 is 0 Å². The topological polar surface area (TPSA) is 110 Å². The van der Waals surface area contributed by atoms with Gasteiger partial charge in [-0.1, -0.05) is 48.5 Å². The van der Waals surface area contributed by atoms with Crippen LogP contribution in [0.1, 0.15) is 29.2 Å². The summed E-state index contributed by atoms with van der Waals surface area (Å²) in [7, 11) is 3.55. The quantitative estimate of drug-likeness (QED) is 0.251. The molecule has 0 bridgehead atoms. The number of rotatable bonds is 10. The Hall–Kier alpha value is -5.38. The van der Waals surface area contributed by atoms with E-state index in [1.807, 2.05) is 78.7 Å². The van der Waals surface area contributed by atoms with Crippen LogP contribution in [0.25, 0.3) is 5.70 Å². The number of nitriles is 2. The number of hydrogen-bond acceptors (Lipinski definition) is 9. The van der Waals surface area contributed by atoms with Crippen LogP contribution in [0.15, 0.2) is 96.3 Å². The van der Waals surface area contributed by atoms with E-state index in [4.69, 9.17) is 9.47 Å². The zero-order chi connectivity index (χ0) is 31.2. The summed E-state index contributed by atoms with van der Waals surface area (Å²) in [5.74, 6) is 0.0680. The van der Waals surface area contributed by atoms with E-state index in [2.05, 4.69) is 17.0 Å². The maximum Gasteiger partial charge on any atom is 0.337 e. The first-order chi connectivity index (χ1) is 21.4. The van der Waals surface area contributed by atoms with E-state index in [1.54, 1.807) is 31.1 Å². The summed E-state index contributed by atoms with van der Waals surface area (Å²) in [4.78, 5) is 32.6. The Labute approximate surface area is 257 Å². The number of ether oxygens (including phenoxy) is 2. The standard InChI is InChI=1S/C35H33N5O4/c1-4-44-35(42)34-31(41)19-32-39(23-38(2)22-24-10-6-5-7-11-24)33(25-14-16-28(43-3)17-15-25)29(21-37)30(40(32)34)18-26-12-8-9-13-27(26)20-36/h5-17,19,30,34H,4,18,22-23H2,1-3H3. The third-order valence-electron chi connectivity index (χ3n) is 7.78. The highest BCUT2D eigenvalue weighted by Gasteiger charge is 2.50. The van der Waals surface area contributed by atoms with Crippen molar-refractivity contribution in [3.63, 3.8) is 0 Å². The molecule has 3 aromatic rings. The Morgan fingerprint density at radius 3 is 2.34 bits per heavy atom. The number of benzene rings is 3. The first-order valence-electron chi connectivity index (χ1n) is 14.4. The van der Waals surface area contributed by atoms with Gasteiger partial charge in [0.1, 0.15) is 11.6 Å². The molecule has 3 aromatic carbocycles. The number of fused-ring (bicyclic) bond motifs is 1. The summed E-state index contributed by atoms with van der Waals surface area (Å²) in [6, 6.07) is 27.3. The number of carbonyl (C=O) groups is 2. The Balaban J connectivity index is 1.69. The summed E-state index contributed by atoms with van der Waals surface area (Å²) in [6.45, 7) is 2.72. The van der Waals surface area contributed by atoms with Crippen LogP contribution in [-0.2, 0) is 27.3 Å². The van der Waals surface area contributed by atoms with Crippen LogP contribution in [0.4, 0.5) is 0 Å². The molecule has 0 N–H and O–H groups in total. The monoisotopic (exact) mass is 587 g/mol. The van der Waals surface area contributed by atoms with Crippen molar-refractivity contribution in [3.8, 4) is 17.9 Å². The Morgan fingerprint density at radius 2 is 1.68 bits per heavy atom. The van der Waals surface area contributed by atoms with Crippen molar-refractivity contribution in [1.82, 2.24) is 14.7 Å². The minimum absolute atomic E-state index is 0.106. The van der Waals surface area contributed by atoms with Crippen molar-refractivity contribution in [2.45, 2.75) is 32.0 Å². The lowest BCUT2D eigenvalue weighted by Crippen LogP contribution is -2.55. The first-order valence-corrected chi connectivity index (χ1v) is 14.4. The molecule has 0 fully saturated rings. The molecule has 0 spiro atoms. The second kappa shape index (κ2) is 13.3. The lowest BCUT2D eigenvalue weighted by atomic mass is 9.89. The fourth-order valence-electron chi connectivity index (χ4n) is 5.85. The van der Waals surface area contributed by atoms with Gasteiger partial charge in [0.05, 0.1) is 55.4 Å². The summed E-state index contributed by atoms with van der Waals surface area (Å²) in [5, 5.41) is 20.7. The number of carbonyl (C=O) groups excluding carboxylic acids is 2. The van der Waals surface area contributed by atoms with Gasteiger partial charge in [-0.15, -0.1) is 0 Å². The maximum atomic E-state index is 13.6. The summed E-state index contributed by atoms with van der Waals surface area (Å²) >= 11 is 0. The van der Waals surface area contributed by atoms with E-state index < -0.39 is 23.8 Å². The van der Waals surface area contributed by atoms with E-state index >= 15 is 0 Å². The van der Waals surface area contributed by atoms with Crippen molar-refractivity contribution in [3.05, 3.63) is 119 Å². The first kappa shape index (κ1) is 30.1. The third-order valence-corrected chi connectivity index (χ3v) is 7.78. The van der Waals surface area contributed by atoms with Gasteiger partial charge in [-0.3, -0.25) is 9.69 Å². The predicted octanol–water partition coefficient (Wildman–Crippen LogP) is 4.48. The van der Waals surface area contributed by atoms with Gasteiger partial charge in [-0.2, -0.15) is 10.5 Å². The molecule has 0 saturated heterocycles. The molecule has 222 valence electrons. The number of nitrogens with zero attached hydrogens (tertiary/aromatic N) is 5. The molecule has 44 heavy (non-hydrogen) atoms. The van der Waals surface area contributed by atoms with Gasteiger partial charge in [-0.05, 0) is 67.4 Å². The van der Waals surface area contributed by atoms with Crippen molar-refractivity contribution < 1.29 is 19.1 Å². The van der Waals surface area contributed by atoms with Crippen LogP contribution in [0.5, 0.6) is 5.75 Å². The average Bonchev–Trinajstić information content (AvgIpc) is 3.39. The smallest absolute Gasteiger partial charge is 0.337 e. The number of hydrogen-bond donors (Lipinski definition) is 0. The minimum atomic E-state index is -1.26. The highest BCUT2D eigenvalue weighted by Crippen LogP contribution is 2.43. The number of methoxy groups -OCH3 is 1. The summed E-state index contributed by atoms with van der Waals surface area (Å²) < 4.78 is 10.8. The lowest BCUT2D eigenvalue weighted by Gasteiger charge is -2.46. The van der Waals surface area contributed by atoms with Crippen molar-refractivity contribution in [2.24, 2.45) is 0 Å². The molecule has 9 heteroatoms. The molecule has 0 aromatic heterocycles. The van der Waals surface area contributed by atoms with Crippen LogP contribution in [0.3, 0.4) is 0 Å². The Bertz CT molecular complexity index is 1680. The minimum Gasteiger partial charge on any atom is -0.497 e. The molecule has 2 atom stereocenters. The van der Waals surface area contributed by atoms with E-state index in [9.17, 15) is 20.1 Å². The van der Waals surface area contributed by atoms with Crippen LogP contribution in [-0.4, -0.2) is 66.0 Å². The fourth-order valence-corrected chi connectivity index (χ4v) is 5.85. The molecule has 0 amide bonds. The normalized spacial score (nSPS) is 17.6. The van der Waals surface area contributed by atoms with Crippen LogP contribution in [0.2, 0.25) is 0 Å².